The number of nitrogens with two attached hydrogens (primary N) is 1. The van der Waals surface area contributed by atoms with Gasteiger partial charge in [-0.25, -0.2) is 22.4 Å². The van der Waals surface area contributed by atoms with Crippen molar-refractivity contribution in [1.29, 1.82) is 0 Å². The number of hydrogen-bond acceptors (Lipinski definition) is 2. The summed E-state index contributed by atoms with van der Waals surface area (Å²) in [5.74, 6) is -15.4. The van der Waals surface area contributed by atoms with Crippen molar-refractivity contribution in [2.24, 2.45) is 5.73 Å². The molecule has 0 bridgehead atoms. The van der Waals surface area contributed by atoms with Gasteiger partial charge in [-0.3, -0.25) is 5.73 Å². The van der Waals surface area contributed by atoms with Crippen molar-refractivity contribution >= 4 is 5.97 Å². The highest BCUT2D eigenvalue weighted by molar-refractivity contribution is 5.82. The Morgan fingerprint density at radius 2 is 1.81 bits per heavy atom. The first kappa shape index (κ1) is 12.8. The number of halogens is 6. The molecule has 0 aliphatic heterocycles. The Hall–Kier alpha value is -1.25. The largest absolute Gasteiger partial charge is 0.478 e. The van der Waals surface area contributed by atoms with Crippen LogP contribution in [0, 0.1) is 0 Å². The molecule has 1 rings (SSSR count). The molecule has 0 saturated carbocycles. The molecule has 16 heavy (non-hydrogen) atoms. The van der Waals surface area contributed by atoms with E-state index in [2.05, 4.69) is 5.73 Å². The smallest absolute Gasteiger partial charge is 0.352 e. The molecule has 0 heterocycles. The van der Waals surface area contributed by atoms with E-state index in [1.807, 2.05) is 0 Å². The minimum atomic E-state index is -5.44. The van der Waals surface area contributed by atoms with E-state index in [-0.39, 0.29) is 0 Å². The standard InChI is InChI=1S/C7H5F6NO2/c8-2-1-5(10,4(15)16)7(12,13)6(11,14)3(2)9/h1,3H,14H2,(H,15,16). The van der Waals surface area contributed by atoms with Crippen molar-refractivity contribution in [2.75, 3.05) is 0 Å². The predicted octanol–water partition coefficient (Wildman–Crippen LogP) is 1.24. The van der Waals surface area contributed by atoms with E-state index in [0.29, 0.717) is 0 Å². The molecule has 3 N–H and O–H groups in total. The summed E-state index contributed by atoms with van der Waals surface area (Å²) in [7, 11) is 0. The second-order valence-electron chi connectivity index (χ2n) is 3.25. The van der Waals surface area contributed by atoms with Gasteiger partial charge in [0.25, 0.3) is 11.5 Å². The molecule has 3 nitrogen and oxygen atoms in total. The topological polar surface area (TPSA) is 63.3 Å². The SMILES string of the molecule is NC1(F)C(F)C(F)=CC(F)(C(=O)O)C1(F)F. The molecule has 3 atom stereocenters. The Balaban J connectivity index is 3.50. The van der Waals surface area contributed by atoms with Crippen LogP contribution in [0.15, 0.2) is 11.9 Å². The summed E-state index contributed by atoms with van der Waals surface area (Å²) < 4.78 is 77.5. The number of carboxylic acids is 1. The maximum Gasteiger partial charge on any atom is 0.352 e. The van der Waals surface area contributed by atoms with Crippen LogP contribution in [-0.2, 0) is 4.79 Å². The molecular formula is C7H5F6NO2. The van der Waals surface area contributed by atoms with E-state index in [4.69, 9.17) is 5.11 Å². The van der Waals surface area contributed by atoms with Gasteiger partial charge < -0.3 is 5.11 Å². The summed E-state index contributed by atoms with van der Waals surface area (Å²) >= 11 is 0. The number of carboxylic acid groups (broad SMARTS) is 1. The number of aliphatic carboxylic acids is 1. The molecule has 0 radical (unpaired) electrons. The third-order valence-corrected chi connectivity index (χ3v) is 2.20. The normalized spacial score (nSPS) is 42.7. The Morgan fingerprint density at radius 3 is 2.19 bits per heavy atom. The average Bonchev–Trinajstić information content (AvgIpc) is 2.13. The predicted molar refractivity (Wildman–Crippen MR) is 38.5 cm³/mol. The van der Waals surface area contributed by atoms with Crippen LogP contribution in [0.3, 0.4) is 0 Å². The van der Waals surface area contributed by atoms with Crippen molar-refractivity contribution in [1.82, 2.24) is 0 Å². The van der Waals surface area contributed by atoms with Gasteiger partial charge in [0, 0.05) is 6.08 Å². The summed E-state index contributed by atoms with van der Waals surface area (Å²) in [6.07, 6.45) is -4.46. The summed E-state index contributed by atoms with van der Waals surface area (Å²) in [4.78, 5) is 10.2. The molecule has 0 aromatic rings. The molecule has 1 aliphatic carbocycles. The zero-order valence-corrected chi connectivity index (χ0v) is 7.36. The highest BCUT2D eigenvalue weighted by Crippen LogP contribution is 2.50. The number of alkyl halides is 5. The Labute approximate surface area is 84.5 Å². The summed E-state index contributed by atoms with van der Waals surface area (Å²) in [5.41, 5.74) is -0.606. The third-order valence-electron chi connectivity index (χ3n) is 2.20. The zero-order chi connectivity index (χ0) is 12.9. The summed E-state index contributed by atoms with van der Waals surface area (Å²) in [6.45, 7) is 0. The van der Waals surface area contributed by atoms with Gasteiger partial charge in [-0.2, -0.15) is 8.78 Å². The highest BCUT2D eigenvalue weighted by Gasteiger charge is 2.76. The Bertz CT molecular complexity index is 368. The van der Waals surface area contributed by atoms with Gasteiger partial charge in [0.1, 0.15) is 5.83 Å². The van der Waals surface area contributed by atoms with E-state index >= 15 is 0 Å². The molecule has 0 aromatic carbocycles. The fourth-order valence-electron chi connectivity index (χ4n) is 1.19. The van der Waals surface area contributed by atoms with Gasteiger partial charge in [-0.15, -0.1) is 0 Å². The molecule has 0 fully saturated rings. The number of rotatable bonds is 1. The lowest BCUT2D eigenvalue weighted by molar-refractivity contribution is -0.236. The molecule has 0 saturated heterocycles. The van der Waals surface area contributed by atoms with Crippen molar-refractivity contribution < 1.29 is 36.2 Å². The van der Waals surface area contributed by atoms with E-state index in [9.17, 15) is 31.1 Å². The zero-order valence-electron chi connectivity index (χ0n) is 7.36. The van der Waals surface area contributed by atoms with Gasteiger partial charge in [-0.1, -0.05) is 0 Å². The van der Waals surface area contributed by atoms with E-state index in [1.165, 1.54) is 0 Å². The number of hydrogen-bond donors (Lipinski definition) is 2. The lowest BCUT2D eigenvalue weighted by atomic mass is 9.81. The van der Waals surface area contributed by atoms with Crippen LogP contribution in [0.25, 0.3) is 0 Å². The molecule has 3 unspecified atom stereocenters. The second-order valence-corrected chi connectivity index (χ2v) is 3.25. The fourth-order valence-corrected chi connectivity index (χ4v) is 1.19. The van der Waals surface area contributed by atoms with Gasteiger partial charge in [0.2, 0.25) is 6.17 Å². The van der Waals surface area contributed by atoms with Crippen LogP contribution in [0.4, 0.5) is 26.3 Å². The molecule has 0 aromatic heterocycles. The van der Waals surface area contributed by atoms with Crippen LogP contribution in [-0.4, -0.2) is 34.6 Å². The Kier molecular flexibility index (Phi) is 2.50. The minimum Gasteiger partial charge on any atom is -0.478 e. The van der Waals surface area contributed by atoms with E-state index in [1.54, 1.807) is 0 Å². The van der Waals surface area contributed by atoms with Gasteiger partial charge in [0.15, 0.2) is 0 Å². The van der Waals surface area contributed by atoms with Gasteiger partial charge in [0.05, 0.1) is 0 Å². The summed E-state index contributed by atoms with van der Waals surface area (Å²) in [6, 6.07) is 0. The van der Waals surface area contributed by atoms with E-state index < -0.39 is 41.4 Å². The lowest BCUT2D eigenvalue weighted by Gasteiger charge is -2.40. The van der Waals surface area contributed by atoms with Crippen LogP contribution in [0.2, 0.25) is 0 Å². The summed E-state index contributed by atoms with van der Waals surface area (Å²) in [5, 5.41) is 8.16. The first-order valence-electron chi connectivity index (χ1n) is 3.78. The molecule has 0 spiro atoms. The lowest BCUT2D eigenvalue weighted by Crippen LogP contribution is -2.71. The third kappa shape index (κ3) is 1.24. The van der Waals surface area contributed by atoms with Crippen molar-refractivity contribution in [3.8, 4) is 0 Å². The monoisotopic (exact) mass is 249 g/mol. The van der Waals surface area contributed by atoms with Gasteiger partial charge >= 0.3 is 11.9 Å². The van der Waals surface area contributed by atoms with Crippen molar-refractivity contribution in [2.45, 2.75) is 23.6 Å². The second kappa shape index (κ2) is 3.12. The minimum absolute atomic E-state index is 0.829. The molecular weight excluding hydrogens is 244 g/mol. The molecule has 9 heteroatoms. The molecule has 92 valence electrons. The molecule has 1 aliphatic rings. The van der Waals surface area contributed by atoms with Gasteiger partial charge in [-0.05, 0) is 0 Å². The van der Waals surface area contributed by atoms with Crippen molar-refractivity contribution in [3.05, 3.63) is 11.9 Å². The van der Waals surface area contributed by atoms with Crippen LogP contribution < -0.4 is 5.73 Å². The number of carbonyl (C=O) groups is 1. The maximum absolute atomic E-state index is 13.2. The van der Waals surface area contributed by atoms with E-state index in [0.717, 1.165) is 0 Å². The molecule has 0 amide bonds. The highest BCUT2D eigenvalue weighted by atomic mass is 19.3. The van der Waals surface area contributed by atoms with Crippen LogP contribution >= 0.6 is 0 Å². The maximum atomic E-state index is 13.2. The first-order valence-corrected chi connectivity index (χ1v) is 3.78. The quantitative estimate of drug-likeness (QED) is 0.543. The average molecular weight is 249 g/mol. The van der Waals surface area contributed by atoms with Crippen molar-refractivity contribution in [3.63, 3.8) is 0 Å². The Morgan fingerprint density at radius 1 is 1.38 bits per heavy atom. The van der Waals surface area contributed by atoms with Crippen LogP contribution in [0.1, 0.15) is 0 Å². The fraction of sp³-hybridized carbons (Fsp3) is 0.571. The van der Waals surface area contributed by atoms with Crippen LogP contribution in [0.5, 0.6) is 0 Å². The first-order chi connectivity index (χ1) is 6.98.